The van der Waals surface area contributed by atoms with Crippen LogP contribution >= 0.6 is 0 Å². The molecule has 1 heterocycles. The maximum Gasteiger partial charge on any atom is 0.270 e. The summed E-state index contributed by atoms with van der Waals surface area (Å²) in [6.45, 7) is 2.76. The van der Waals surface area contributed by atoms with Crippen molar-refractivity contribution in [2.24, 2.45) is 0 Å². The van der Waals surface area contributed by atoms with Gasteiger partial charge in [-0.05, 0) is 31.2 Å². The van der Waals surface area contributed by atoms with Crippen LogP contribution in [0.5, 0.6) is 5.75 Å². The minimum Gasteiger partial charge on any atom is -0.497 e. The van der Waals surface area contributed by atoms with Crippen molar-refractivity contribution in [3.05, 3.63) is 30.0 Å². The van der Waals surface area contributed by atoms with Gasteiger partial charge in [-0.1, -0.05) is 0 Å². The van der Waals surface area contributed by atoms with E-state index in [1.165, 1.54) is 0 Å². The zero-order valence-electron chi connectivity index (χ0n) is 11.1. The van der Waals surface area contributed by atoms with E-state index >= 15 is 0 Å². The Morgan fingerprint density at radius 3 is 2.84 bits per heavy atom. The molecule has 2 aromatic rings. The number of ether oxygens (including phenoxy) is 1. The average molecular weight is 262 g/mol. The van der Waals surface area contributed by atoms with E-state index in [0.29, 0.717) is 18.8 Å². The second kappa shape index (κ2) is 5.75. The van der Waals surface area contributed by atoms with Crippen molar-refractivity contribution in [2.45, 2.75) is 6.92 Å². The van der Waals surface area contributed by atoms with Gasteiger partial charge in [-0.2, -0.15) is 0 Å². The summed E-state index contributed by atoms with van der Waals surface area (Å²) in [6.07, 6.45) is 0. The van der Waals surface area contributed by atoms with E-state index in [1.807, 2.05) is 25.1 Å². The van der Waals surface area contributed by atoms with Crippen molar-refractivity contribution >= 4 is 16.8 Å². The Bertz CT molecular complexity index is 577. The molecule has 19 heavy (non-hydrogen) atoms. The molecule has 1 amide bonds. The normalized spacial score (nSPS) is 10.7. The van der Waals surface area contributed by atoms with Crippen LogP contribution in [0.15, 0.2) is 24.3 Å². The van der Waals surface area contributed by atoms with E-state index in [0.717, 1.165) is 16.7 Å². The zero-order valence-corrected chi connectivity index (χ0v) is 11.1. The first-order chi connectivity index (χ1) is 9.19. The van der Waals surface area contributed by atoms with Crippen LogP contribution in [0.3, 0.4) is 0 Å². The van der Waals surface area contributed by atoms with Gasteiger partial charge in [0.05, 0.1) is 13.7 Å². The number of nitrogens with zero attached hydrogens (tertiary/aromatic N) is 1. The highest BCUT2D eigenvalue weighted by Crippen LogP contribution is 2.22. The number of likely N-dealkylation sites (N-methyl/N-ethyl adjacent to an activating group) is 1. The molecule has 1 aromatic heterocycles. The Morgan fingerprint density at radius 1 is 1.42 bits per heavy atom. The van der Waals surface area contributed by atoms with Gasteiger partial charge in [0.1, 0.15) is 11.4 Å². The Labute approximate surface area is 111 Å². The predicted octanol–water partition coefficient (Wildman–Crippen LogP) is 1.63. The number of aromatic nitrogens is 1. The molecule has 0 aliphatic heterocycles. The number of aliphatic hydroxyl groups excluding tert-OH is 1. The molecule has 0 aliphatic carbocycles. The van der Waals surface area contributed by atoms with E-state index in [-0.39, 0.29) is 12.5 Å². The number of aliphatic hydroxyl groups is 1. The van der Waals surface area contributed by atoms with Gasteiger partial charge in [0, 0.05) is 24.0 Å². The quantitative estimate of drug-likeness (QED) is 0.860. The third kappa shape index (κ3) is 2.71. The zero-order chi connectivity index (χ0) is 13.8. The minimum absolute atomic E-state index is 0.0341. The highest BCUT2D eigenvalue weighted by atomic mass is 16.5. The molecule has 0 saturated carbocycles. The maximum atomic E-state index is 12.2. The van der Waals surface area contributed by atoms with Crippen LogP contribution in [0.4, 0.5) is 0 Å². The molecule has 2 N–H and O–H groups in total. The highest BCUT2D eigenvalue weighted by molar-refractivity contribution is 5.98. The van der Waals surface area contributed by atoms with Crippen molar-refractivity contribution in [3.8, 4) is 5.75 Å². The standard InChI is InChI=1S/C14H18N2O3/c1-3-16(6-7-17)14(18)13-9-10-8-11(19-2)4-5-12(10)15-13/h4-5,8-9,15,17H,3,6-7H2,1-2H3. The monoisotopic (exact) mass is 262 g/mol. The predicted molar refractivity (Wildman–Crippen MR) is 73.5 cm³/mol. The maximum absolute atomic E-state index is 12.2. The molecule has 0 saturated heterocycles. The van der Waals surface area contributed by atoms with Gasteiger partial charge in [0.15, 0.2) is 0 Å². The van der Waals surface area contributed by atoms with Gasteiger partial charge < -0.3 is 19.7 Å². The third-order valence-electron chi connectivity index (χ3n) is 3.10. The summed E-state index contributed by atoms with van der Waals surface area (Å²) in [6, 6.07) is 7.41. The molecule has 0 spiro atoms. The molecule has 0 radical (unpaired) electrons. The first-order valence-corrected chi connectivity index (χ1v) is 6.26. The first-order valence-electron chi connectivity index (χ1n) is 6.26. The average Bonchev–Trinajstić information content (AvgIpc) is 2.86. The lowest BCUT2D eigenvalue weighted by atomic mass is 10.2. The number of amides is 1. The molecule has 5 heteroatoms. The molecule has 0 aliphatic rings. The Morgan fingerprint density at radius 2 is 2.21 bits per heavy atom. The van der Waals surface area contributed by atoms with Crippen LogP contribution in [0, 0.1) is 0 Å². The summed E-state index contributed by atoms with van der Waals surface area (Å²) >= 11 is 0. The van der Waals surface area contributed by atoms with Crippen LogP contribution < -0.4 is 4.74 Å². The largest absolute Gasteiger partial charge is 0.497 e. The van der Waals surface area contributed by atoms with Gasteiger partial charge in [-0.25, -0.2) is 0 Å². The number of hydrogen-bond acceptors (Lipinski definition) is 3. The van der Waals surface area contributed by atoms with Gasteiger partial charge in [0.25, 0.3) is 5.91 Å². The number of carbonyl (C=O) groups excluding carboxylic acids is 1. The molecule has 0 bridgehead atoms. The van der Waals surface area contributed by atoms with Crippen molar-refractivity contribution in [2.75, 3.05) is 26.8 Å². The number of nitrogens with one attached hydrogen (secondary N) is 1. The minimum atomic E-state index is -0.105. The van der Waals surface area contributed by atoms with Crippen molar-refractivity contribution in [1.82, 2.24) is 9.88 Å². The van der Waals surface area contributed by atoms with Crippen LogP contribution in [-0.2, 0) is 0 Å². The second-order valence-electron chi connectivity index (χ2n) is 4.24. The number of rotatable bonds is 5. The number of methoxy groups -OCH3 is 1. The van der Waals surface area contributed by atoms with Crippen molar-refractivity contribution in [1.29, 1.82) is 0 Å². The fourth-order valence-corrected chi connectivity index (χ4v) is 2.05. The van der Waals surface area contributed by atoms with E-state index in [4.69, 9.17) is 9.84 Å². The third-order valence-corrected chi connectivity index (χ3v) is 3.10. The van der Waals surface area contributed by atoms with Crippen LogP contribution in [-0.4, -0.2) is 47.7 Å². The number of aromatic amines is 1. The SMILES string of the molecule is CCN(CCO)C(=O)c1cc2cc(OC)ccc2[nH]1. The van der Waals surface area contributed by atoms with Crippen LogP contribution in [0.25, 0.3) is 10.9 Å². The van der Waals surface area contributed by atoms with Gasteiger partial charge in [0.2, 0.25) is 0 Å². The lowest BCUT2D eigenvalue weighted by Gasteiger charge is -2.18. The Hall–Kier alpha value is -2.01. The smallest absolute Gasteiger partial charge is 0.270 e. The summed E-state index contributed by atoms with van der Waals surface area (Å²) < 4.78 is 5.16. The molecule has 0 fully saturated rings. The van der Waals surface area contributed by atoms with Crippen molar-refractivity contribution in [3.63, 3.8) is 0 Å². The second-order valence-corrected chi connectivity index (χ2v) is 4.24. The number of benzene rings is 1. The summed E-state index contributed by atoms with van der Waals surface area (Å²) in [5.74, 6) is 0.653. The fourth-order valence-electron chi connectivity index (χ4n) is 2.05. The van der Waals surface area contributed by atoms with Crippen LogP contribution in [0.1, 0.15) is 17.4 Å². The van der Waals surface area contributed by atoms with E-state index in [2.05, 4.69) is 4.98 Å². The van der Waals surface area contributed by atoms with Crippen molar-refractivity contribution < 1.29 is 14.6 Å². The highest BCUT2D eigenvalue weighted by Gasteiger charge is 2.16. The van der Waals surface area contributed by atoms with E-state index in [9.17, 15) is 4.79 Å². The summed E-state index contributed by atoms with van der Waals surface area (Å²) in [7, 11) is 1.61. The van der Waals surface area contributed by atoms with E-state index in [1.54, 1.807) is 18.1 Å². The van der Waals surface area contributed by atoms with Crippen LogP contribution in [0.2, 0.25) is 0 Å². The lowest BCUT2D eigenvalue weighted by molar-refractivity contribution is 0.0727. The number of H-pyrrole nitrogens is 1. The van der Waals surface area contributed by atoms with E-state index < -0.39 is 0 Å². The molecule has 0 atom stereocenters. The molecular formula is C14H18N2O3. The molecule has 102 valence electrons. The molecule has 5 nitrogen and oxygen atoms in total. The summed E-state index contributed by atoms with van der Waals surface area (Å²) in [5.41, 5.74) is 1.42. The Kier molecular flexibility index (Phi) is 4.06. The Balaban J connectivity index is 2.32. The summed E-state index contributed by atoms with van der Waals surface area (Å²) in [5, 5.41) is 9.88. The molecule has 1 aromatic carbocycles. The van der Waals surface area contributed by atoms with Gasteiger partial charge in [-0.3, -0.25) is 4.79 Å². The van der Waals surface area contributed by atoms with Gasteiger partial charge >= 0.3 is 0 Å². The molecule has 2 rings (SSSR count). The summed E-state index contributed by atoms with van der Waals surface area (Å²) in [4.78, 5) is 16.9. The molecular weight excluding hydrogens is 244 g/mol. The topological polar surface area (TPSA) is 65.6 Å². The molecule has 0 unspecified atom stereocenters. The fraction of sp³-hybridized carbons (Fsp3) is 0.357. The number of carbonyl (C=O) groups is 1. The van der Waals surface area contributed by atoms with Gasteiger partial charge in [-0.15, -0.1) is 0 Å². The number of fused-ring (bicyclic) bond motifs is 1. The first kappa shape index (κ1) is 13.4. The number of hydrogen-bond donors (Lipinski definition) is 2. The lowest BCUT2D eigenvalue weighted by Crippen LogP contribution is -2.33.